The van der Waals surface area contributed by atoms with E-state index >= 15 is 0 Å². The van der Waals surface area contributed by atoms with Gasteiger partial charge in [-0.05, 0) is 26.8 Å². The molecule has 0 saturated carbocycles. The molecule has 0 bridgehead atoms. The van der Waals surface area contributed by atoms with E-state index in [2.05, 4.69) is 17.3 Å². The minimum absolute atomic E-state index is 0.619. The molecule has 0 radical (unpaired) electrons. The van der Waals surface area contributed by atoms with E-state index in [1.807, 2.05) is 43.8 Å². The Kier molecular flexibility index (Phi) is 4.73. The van der Waals surface area contributed by atoms with Gasteiger partial charge >= 0.3 is 0 Å². The molecule has 1 heterocycles. The number of aromatic nitrogens is 2. The SMILES string of the molecule is CCOc1cccc(CNc2c(C)nn(C)c2C)c1OC. The number of nitrogens with one attached hydrogen (secondary N) is 1. The first-order chi connectivity index (χ1) is 10.1. The Morgan fingerprint density at radius 1 is 1.29 bits per heavy atom. The van der Waals surface area contributed by atoms with Gasteiger partial charge in [-0.1, -0.05) is 12.1 Å². The normalized spacial score (nSPS) is 10.5. The zero-order chi connectivity index (χ0) is 15.4. The maximum absolute atomic E-state index is 5.60. The average molecular weight is 289 g/mol. The van der Waals surface area contributed by atoms with E-state index in [1.165, 1.54) is 0 Å². The van der Waals surface area contributed by atoms with E-state index in [1.54, 1.807) is 7.11 Å². The summed E-state index contributed by atoms with van der Waals surface area (Å²) in [4.78, 5) is 0. The first kappa shape index (κ1) is 15.2. The van der Waals surface area contributed by atoms with Gasteiger partial charge in [-0.2, -0.15) is 5.10 Å². The molecule has 1 aromatic carbocycles. The predicted molar refractivity (Wildman–Crippen MR) is 84.2 cm³/mol. The van der Waals surface area contributed by atoms with Gasteiger partial charge in [0.1, 0.15) is 0 Å². The minimum atomic E-state index is 0.619. The van der Waals surface area contributed by atoms with E-state index < -0.39 is 0 Å². The number of anilines is 1. The van der Waals surface area contributed by atoms with Gasteiger partial charge in [0.25, 0.3) is 0 Å². The monoisotopic (exact) mass is 289 g/mol. The van der Waals surface area contributed by atoms with Gasteiger partial charge in [-0.25, -0.2) is 0 Å². The molecule has 0 spiro atoms. The van der Waals surface area contributed by atoms with Crippen LogP contribution in [0.3, 0.4) is 0 Å². The van der Waals surface area contributed by atoms with Crippen LogP contribution in [0.4, 0.5) is 5.69 Å². The van der Waals surface area contributed by atoms with Crippen LogP contribution >= 0.6 is 0 Å². The van der Waals surface area contributed by atoms with Gasteiger partial charge in [0, 0.05) is 19.2 Å². The summed E-state index contributed by atoms with van der Waals surface area (Å²) in [5, 5.41) is 7.85. The lowest BCUT2D eigenvalue weighted by atomic mass is 10.1. The van der Waals surface area contributed by atoms with Gasteiger partial charge < -0.3 is 14.8 Å². The Balaban J connectivity index is 2.22. The minimum Gasteiger partial charge on any atom is -0.493 e. The fourth-order valence-electron chi connectivity index (χ4n) is 2.41. The molecule has 0 atom stereocenters. The summed E-state index contributed by atoms with van der Waals surface area (Å²) in [6, 6.07) is 5.94. The van der Waals surface area contributed by atoms with E-state index in [4.69, 9.17) is 9.47 Å². The van der Waals surface area contributed by atoms with Gasteiger partial charge in [-0.3, -0.25) is 4.68 Å². The van der Waals surface area contributed by atoms with E-state index in [0.29, 0.717) is 13.2 Å². The number of ether oxygens (including phenoxy) is 2. The highest BCUT2D eigenvalue weighted by atomic mass is 16.5. The van der Waals surface area contributed by atoms with Gasteiger partial charge in [0.15, 0.2) is 11.5 Å². The van der Waals surface area contributed by atoms with Crippen LogP contribution in [0, 0.1) is 13.8 Å². The Bertz CT molecular complexity index is 620. The quantitative estimate of drug-likeness (QED) is 0.888. The van der Waals surface area contributed by atoms with Crippen LogP contribution in [0.2, 0.25) is 0 Å². The second-order valence-corrected chi connectivity index (χ2v) is 4.90. The smallest absolute Gasteiger partial charge is 0.165 e. The van der Waals surface area contributed by atoms with Crippen molar-refractivity contribution in [2.24, 2.45) is 7.05 Å². The molecule has 0 unspecified atom stereocenters. The van der Waals surface area contributed by atoms with Crippen molar-refractivity contribution in [1.29, 1.82) is 0 Å². The molecule has 0 saturated heterocycles. The van der Waals surface area contributed by atoms with Crippen LogP contribution in [-0.2, 0) is 13.6 Å². The Morgan fingerprint density at radius 2 is 2.05 bits per heavy atom. The van der Waals surface area contributed by atoms with Gasteiger partial charge in [-0.15, -0.1) is 0 Å². The van der Waals surface area contributed by atoms with Crippen LogP contribution in [0.15, 0.2) is 18.2 Å². The molecular weight excluding hydrogens is 266 g/mol. The number of methoxy groups -OCH3 is 1. The largest absolute Gasteiger partial charge is 0.493 e. The molecule has 0 amide bonds. The molecule has 5 heteroatoms. The van der Waals surface area contributed by atoms with Crippen molar-refractivity contribution >= 4 is 5.69 Å². The molecule has 2 rings (SSSR count). The number of rotatable bonds is 6. The second-order valence-electron chi connectivity index (χ2n) is 4.90. The molecule has 5 nitrogen and oxygen atoms in total. The lowest BCUT2D eigenvalue weighted by Gasteiger charge is -2.14. The zero-order valence-corrected chi connectivity index (χ0v) is 13.4. The van der Waals surface area contributed by atoms with E-state index in [0.717, 1.165) is 34.1 Å². The highest BCUT2D eigenvalue weighted by Gasteiger charge is 2.12. The maximum atomic E-state index is 5.60. The lowest BCUT2D eigenvalue weighted by molar-refractivity contribution is 0.309. The van der Waals surface area contributed by atoms with Crippen LogP contribution in [0.1, 0.15) is 23.9 Å². The zero-order valence-electron chi connectivity index (χ0n) is 13.4. The fraction of sp³-hybridized carbons (Fsp3) is 0.438. The summed E-state index contributed by atoms with van der Waals surface area (Å²) in [5.41, 5.74) is 4.25. The van der Waals surface area contributed by atoms with Gasteiger partial charge in [0.05, 0.1) is 30.8 Å². The first-order valence-electron chi connectivity index (χ1n) is 7.11. The van der Waals surface area contributed by atoms with Crippen molar-refractivity contribution in [3.05, 3.63) is 35.2 Å². The molecule has 2 aromatic rings. The van der Waals surface area contributed by atoms with Crippen LogP contribution in [-0.4, -0.2) is 23.5 Å². The fourth-order valence-corrected chi connectivity index (χ4v) is 2.41. The maximum Gasteiger partial charge on any atom is 0.165 e. The van der Waals surface area contributed by atoms with Crippen molar-refractivity contribution in [2.75, 3.05) is 19.0 Å². The van der Waals surface area contributed by atoms with Crippen molar-refractivity contribution in [3.63, 3.8) is 0 Å². The third kappa shape index (κ3) is 3.12. The standard InChI is InChI=1S/C16H23N3O2/c1-6-21-14-9-7-8-13(16(14)20-5)10-17-15-11(2)18-19(4)12(15)3/h7-9,17H,6,10H2,1-5H3. The predicted octanol–water partition coefficient (Wildman–Crippen LogP) is 3.06. The van der Waals surface area contributed by atoms with Crippen LogP contribution in [0.5, 0.6) is 11.5 Å². The Hall–Kier alpha value is -2.17. The first-order valence-corrected chi connectivity index (χ1v) is 7.11. The summed E-state index contributed by atoms with van der Waals surface area (Å²) in [5.74, 6) is 1.56. The highest BCUT2D eigenvalue weighted by Crippen LogP contribution is 2.32. The van der Waals surface area contributed by atoms with Crippen molar-refractivity contribution in [3.8, 4) is 11.5 Å². The topological polar surface area (TPSA) is 48.3 Å². The molecule has 21 heavy (non-hydrogen) atoms. The summed E-state index contributed by atoms with van der Waals surface area (Å²) in [6.07, 6.45) is 0. The summed E-state index contributed by atoms with van der Waals surface area (Å²) < 4.78 is 13.0. The third-order valence-electron chi connectivity index (χ3n) is 3.53. The molecule has 1 N–H and O–H groups in total. The Labute approximate surface area is 125 Å². The molecule has 1 aromatic heterocycles. The van der Waals surface area contributed by atoms with Gasteiger partial charge in [0.2, 0.25) is 0 Å². The molecule has 0 fully saturated rings. The molecule has 0 aliphatic heterocycles. The van der Waals surface area contributed by atoms with Crippen molar-refractivity contribution < 1.29 is 9.47 Å². The number of hydrogen-bond acceptors (Lipinski definition) is 4. The molecule has 0 aliphatic carbocycles. The van der Waals surface area contributed by atoms with Crippen molar-refractivity contribution in [1.82, 2.24) is 9.78 Å². The number of hydrogen-bond donors (Lipinski definition) is 1. The van der Waals surface area contributed by atoms with E-state index in [9.17, 15) is 0 Å². The summed E-state index contributed by atoms with van der Waals surface area (Å²) >= 11 is 0. The molecule has 0 aliphatic rings. The number of para-hydroxylation sites is 1. The number of benzene rings is 1. The number of nitrogens with zero attached hydrogens (tertiary/aromatic N) is 2. The third-order valence-corrected chi connectivity index (χ3v) is 3.53. The molecular formula is C16H23N3O2. The average Bonchev–Trinajstić information content (AvgIpc) is 2.71. The second kappa shape index (κ2) is 6.52. The van der Waals surface area contributed by atoms with Crippen LogP contribution < -0.4 is 14.8 Å². The Morgan fingerprint density at radius 3 is 2.62 bits per heavy atom. The number of aryl methyl sites for hydroxylation is 2. The molecule has 114 valence electrons. The lowest BCUT2D eigenvalue weighted by Crippen LogP contribution is -2.05. The van der Waals surface area contributed by atoms with E-state index in [-0.39, 0.29) is 0 Å². The summed E-state index contributed by atoms with van der Waals surface area (Å²) in [7, 11) is 3.62. The highest BCUT2D eigenvalue weighted by molar-refractivity contribution is 5.54. The van der Waals surface area contributed by atoms with Crippen molar-refractivity contribution in [2.45, 2.75) is 27.3 Å². The van der Waals surface area contributed by atoms with Crippen LogP contribution in [0.25, 0.3) is 0 Å². The summed E-state index contributed by atoms with van der Waals surface area (Å²) in [6.45, 7) is 7.30.